The number of carbonyl (C=O) groups excluding carboxylic acids is 3. The standard InChI is InChI=1S/C35H36N6O4/c36-20-31(38-29-16-9-17-40-32(29)19-33(42)41(35(40)44)22-24-10-3-1-4-11-24)30(18-26-21-37-28-15-8-7-14-27(26)28)39-34(43)45-23-25-12-5-2-6-13-25/h1-8,10-15,21,29-32,37-38H,9,16-19,22-23H2,(H,39,43)/t29-,30+,31+,32+/m1/s1. The number of aromatic nitrogens is 1. The number of ether oxygens (including phenoxy) is 1. The molecule has 0 radical (unpaired) electrons. The van der Waals surface area contributed by atoms with Gasteiger partial charge in [0.05, 0.1) is 24.7 Å². The highest BCUT2D eigenvalue weighted by Crippen LogP contribution is 2.29. The number of nitriles is 1. The summed E-state index contributed by atoms with van der Waals surface area (Å²) in [7, 11) is 0. The molecule has 0 saturated carbocycles. The molecule has 2 aliphatic heterocycles. The number of hydrogen-bond donors (Lipinski definition) is 3. The van der Waals surface area contributed by atoms with Crippen LogP contribution in [0, 0.1) is 11.3 Å². The highest BCUT2D eigenvalue weighted by atomic mass is 16.5. The molecule has 2 aliphatic rings. The lowest BCUT2D eigenvalue weighted by Crippen LogP contribution is -2.66. The molecule has 2 fully saturated rings. The highest BCUT2D eigenvalue weighted by molar-refractivity contribution is 5.97. The molecule has 3 N–H and O–H groups in total. The number of benzene rings is 3. The van der Waals surface area contributed by atoms with Gasteiger partial charge in [-0.15, -0.1) is 0 Å². The van der Waals surface area contributed by atoms with Crippen LogP contribution < -0.4 is 10.6 Å². The molecule has 4 amide bonds. The van der Waals surface area contributed by atoms with Crippen LogP contribution in [0.3, 0.4) is 0 Å². The molecule has 0 aliphatic carbocycles. The molecule has 4 atom stereocenters. The highest BCUT2D eigenvalue weighted by Gasteiger charge is 2.45. The number of piperidine rings is 1. The van der Waals surface area contributed by atoms with Crippen molar-refractivity contribution < 1.29 is 19.1 Å². The predicted octanol–water partition coefficient (Wildman–Crippen LogP) is 4.87. The molecule has 3 aromatic carbocycles. The van der Waals surface area contributed by atoms with Crippen LogP contribution in [0.1, 0.15) is 36.0 Å². The molecule has 2 saturated heterocycles. The van der Waals surface area contributed by atoms with Gasteiger partial charge in [-0.3, -0.25) is 15.0 Å². The van der Waals surface area contributed by atoms with Crippen LogP contribution in [0.15, 0.2) is 91.1 Å². The molecule has 0 bridgehead atoms. The van der Waals surface area contributed by atoms with Gasteiger partial charge in [0.2, 0.25) is 5.91 Å². The SMILES string of the molecule is N#C[C@H](N[C@@H]1CCCN2C(=O)N(Cc3ccccc3)C(=O)C[C@@H]12)[C@H](Cc1c[nH]c2ccccc12)NC(=O)OCc1ccccc1. The molecule has 230 valence electrons. The normalized spacial score (nSPS) is 19.4. The molecule has 3 heterocycles. The van der Waals surface area contributed by atoms with Crippen molar-refractivity contribution >= 4 is 28.9 Å². The quantitative estimate of drug-likeness (QED) is 0.237. The summed E-state index contributed by atoms with van der Waals surface area (Å²) in [6.45, 7) is 0.864. The molecule has 0 spiro atoms. The third-order valence-corrected chi connectivity index (χ3v) is 8.69. The Kier molecular flexibility index (Phi) is 9.08. The molecular formula is C35H36N6O4. The lowest BCUT2D eigenvalue weighted by atomic mass is 9.89. The largest absolute Gasteiger partial charge is 0.445 e. The Morgan fingerprint density at radius 3 is 2.47 bits per heavy atom. The van der Waals surface area contributed by atoms with E-state index >= 15 is 0 Å². The number of fused-ring (bicyclic) bond motifs is 2. The Bertz CT molecular complexity index is 1680. The van der Waals surface area contributed by atoms with Crippen molar-refractivity contribution in [1.82, 2.24) is 25.4 Å². The van der Waals surface area contributed by atoms with E-state index < -0.39 is 18.2 Å². The summed E-state index contributed by atoms with van der Waals surface area (Å²) in [4.78, 5) is 46.2. The zero-order valence-electron chi connectivity index (χ0n) is 24.9. The van der Waals surface area contributed by atoms with E-state index in [0.29, 0.717) is 19.4 Å². The monoisotopic (exact) mass is 604 g/mol. The molecule has 6 rings (SSSR count). The van der Waals surface area contributed by atoms with Gasteiger partial charge in [-0.05, 0) is 42.0 Å². The van der Waals surface area contributed by atoms with Gasteiger partial charge in [-0.25, -0.2) is 9.59 Å². The van der Waals surface area contributed by atoms with E-state index in [-0.39, 0.29) is 43.6 Å². The lowest BCUT2D eigenvalue weighted by Gasteiger charge is -2.47. The maximum atomic E-state index is 13.5. The summed E-state index contributed by atoms with van der Waals surface area (Å²) < 4.78 is 5.53. The van der Waals surface area contributed by atoms with E-state index in [1.54, 1.807) is 4.90 Å². The Labute approximate surface area is 262 Å². The second kappa shape index (κ2) is 13.7. The minimum atomic E-state index is -0.819. The van der Waals surface area contributed by atoms with Crippen molar-refractivity contribution in [2.45, 2.75) is 63.0 Å². The van der Waals surface area contributed by atoms with Crippen LogP contribution in [0.4, 0.5) is 9.59 Å². The summed E-state index contributed by atoms with van der Waals surface area (Å²) in [5.74, 6) is -0.231. The molecule has 1 aromatic heterocycles. The van der Waals surface area contributed by atoms with Crippen LogP contribution in [-0.4, -0.2) is 63.5 Å². The first-order chi connectivity index (χ1) is 22.0. The average molecular weight is 605 g/mol. The third-order valence-electron chi connectivity index (χ3n) is 8.69. The van der Waals surface area contributed by atoms with Crippen molar-refractivity contribution in [2.75, 3.05) is 6.54 Å². The molecule has 45 heavy (non-hydrogen) atoms. The molecule has 4 aromatic rings. The number of aromatic amines is 1. The number of H-pyrrole nitrogens is 1. The van der Waals surface area contributed by atoms with Crippen molar-refractivity contribution in [3.05, 3.63) is 108 Å². The van der Waals surface area contributed by atoms with E-state index in [1.807, 2.05) is 91.1 Å². The zero-order chi connectivity index (χ0) is 31.2. The zero-order valence-corrected chi connectivity index (χ0v) is 24.9. The summed E-state index contributed by atoms with van der Waals surface area (Å²) in [6, 6.07) is 26.6. The molecule has 10 nitrogen and oxygen atoms in total. The van der Waals surface area contributed by atoms with E-state index in [4.69, 9.17) is 4.74 Å². The molecule has 0 unspecified atom stereocenters. The Hall–Kier alpha value is -5.14. The third kappa shape index (κ3) is 6.84. The Morgan fingerprint density at radius 2 is 1.71 bits per heavy atom. The van der Waals surface area contributed by atoms with Gasteiger partial charge in [-0.2, -0.15) is 5.26 Å². The summed E-state index contributed by atoms with van der Waals surface area (Å²) in [6.07, 6.45) is 3.20. The minimum Gasteiger partial charge on any atom is -0.445 e. The fourth-order valence-corrected chi connectivity index (χ4v) is 6.39. The van der Waals surface area contributed by atoms with Crippen LogP contribution in [0.25, 0.3) is 10.9 Å². The Morgan fingerprint density at radius 1 is 1.00 bits per heavy atom. The topological polar surface area (TPSA) is 131 Å². The van der Waals surface area contributed by atoms with Crippen molar-refractivity contribution in [3.63, 3.8) is 0 Å². The second-order valence-corrected chi connectivity index (χ2v) is 11.6. The number of rotatable bonds is 10. The number of urea groups is 1. The van der Waals surface area contributed by atoms with Gasteiger partial charge in [0.25, 0.3) is 0 Å². The van der Waals surface area contributed by atoms with E-state index in [1.165, 1.54) is 4.90 Å². The van der Waals surface area contributed by atoms with Crippen LogP contribution in [-0.2, 0) is 29.1 Å². The summed E-state index contributed by atoms with van der Waals surface area (Å²) >= 11 is 0. The van der Waals surface area contributed by atoms with E-state index in [0.717, 1.165) is 34.0 Å². The average Bonchev–Trinajstić information content (AvgIpc) is 3.48. The van der Waals surface area contributed by atoms with Crippen LogP contribution >= 0.6 is 0 Å². The molecular weight excluding hydrogens is 568 g/mol. The second-order valence-electron chi connectivity index (χ2n) is 11.6. The van der Waals surface area contributed by atoms with Gasteiger partial charge in [0, 0.05) is 36.1 Å². The lowest BCUT2D eigenvalue weighted by molar-refractivity contribution is -0.134. The molecule has 10 heteroatoms. The van der Waals surface area contributed by atoms with E-state index in [2.05, 4.69) is 21.7 Å². The fraction of sp³-hybridized carbons (Fsp3) is 0.314. The van der Waals surface area contributed by atoms with Crippen molar-refractivity contribution in [1.29, 1.82) is 5.26 Å². The first-order valence-corrected chi connectivity index (χ1v) is 15.3. The van der Waals surface area contributed by atoms with Crippen molar-refractivity contribution in [2.24, 2.45) is 0 Å². The Balaban J connectivity index is 1.19. The smallest absolute Gasteiger partial charge is 0.407 e. The van der Waals surface area contributed by atoms with Gasteiger partial charge in [0.1, 0.15) is 12.6 Å². The number of alkyl carbamates (subject to hydrolysis) is 1. The maximum Gasteiger partial charge on any atom is 0.407 e. The summed E-state index contributed by atoms with van der Waals surface area (Å²) in [5.41, 5.74) is 3.65. The van der Waals surface area contributed by atoms with Crippen LogP contribution in [0.2, 0.25) is 0 Å². The van der Waals surface area contributed by atoms with Gasteiger partial charge < -0.3 is 19.9 Å². The number of para-hydroxylation sites is 1. The van der Waals surface area contributed by atoms with E-state index in [9.17, 15) is 19.6 Å². The number of nitrogens with zero attached hydrogens (tertiary/aromatic N) is 3. The maximum absolute atomic E-state index is 13.5. The first-order valence-electron chi connectivity index (χ1n) is 15.3. The number of nitrogens with one attached hydrogen (secondary N) is 3. The van der Waals surface area contributed by atoms with Gasteiger partial charge in [-0.1, -0.05) is 78.9 Å². The number of imide groups is 1. The predicted molar refractivity (Wildman–Crippen MR) is 169 cm³/mol. The van der Waals surface area contributed by atoms with Crippen molar-refractivity contribution in [3.8, 4) is 6.07 Å². The number of hydrogen-bond acceptors (Lipinski definition) is 6. The van der Waals surface area contributed by atoms with Crippen LogP contribution in [0.5, 0.6) is 0 Å². The minimum absolute atomic E-state index is 0.0977. The number of amides is 4. The van der Waals surface area contributed by atoms with Gasteiger partial charge >= 0.3 is 12.1 Å². The van der Waals surface area contributed by atoms with Gasteiger partial charge in [0.15, 0.2) is 0 Å². The first kappa shape index (κ1) is 29.9. The summed E-state index contributed by atoms with van der Waals surface area (Å²) in [5, 5.41) is 17.8. The number of carbonyl (C=O) groups is 3. The fourth-order valence-electron chi connectivity index (χ4n) is 6.39.